The summed E-state index contributed by atoms with van der Waals surface area (Å²) in [6.07, 6.45) is 0. The van der Waals surface area contributed by atoms with Gasteiger partial charge in [-0.25, -0.2) is 4.79 Å². The molecule has 36 heavy (non-hydrogen) atoms. The van der Waals surface area contributed by atoms with Crippen molar-refractivity contribution < 1.29 is 9.72 Å². The highest BCUT2D eigenvalue weighted by Gasteiger charge is 2.27. The van der Waals surface area contributed by atoms with Gasteiger partial charge >= 0.3 is 5.69 Å². The molecule has 4 aromatic rings. The first kappa shape index (κ1) is 23.0. The van der Waals surface area contributed by atoms with Crippen LogP contribution in [0.25, 0.3) is 11.2 Å². The quantitative estimate of drug-likeness (QED) is 0.330. The molecule has 12 nitrogen and oxygen atoms in total. The summed E-state index contributed by atoms with van der Waals surface area (Å²) in [5.41, 5.74) is 0.653. The van der Waals surface area contributed by atoms with E-state index in [1.807, 2.05) is 23.1 Å². The van der Waals surface area contributed by atoms with Crippen molar-refractivity contribution in [1.29, 1.82) is 0 Å². The molecule has 184 valence electrons. The van der Waals surface area contributed by atoms with Crippen LogP contribution in [-0.4, -0.2) is 61.0 Å². The first-order valence-corrected chi connectivity index (χ1v) is 11.4. The lowest BCUT2D eigenvalue weighted by molar-refractivity contribution is -0.384. The van der Waals surface area contributed by atoms with Gasteiger partial charge in [-0.3, -0.25) is 33.8 Å². The van der Waals surface area contributed by atoms with Gasteiger partial charge in [0, 0.05) is 50.9 Å². The van der Waals surface area contributed by atoms with Crippen LogP contribution in [0.2, 0.25) is 0 Å². The van der Waals surface area contributed by atoms with Crippen molar-refractivity contribution >= 4 is 28.7 Å². The maximum atomic E-state index is 12.8. The van der Waals surface area contributed by atoms with Gasteiger partial charge in [-0.1, -0.05) is 30.3 Å². The van der Waals surface area contributed by atoms with Gasteiger partial charge in [-0.2, -0.15) is 4.98 Å². The summed E-state index contributed by atoms with van der Waals surface area (Å²) >= 11 is 0. The molecule has 1 aliphatic rings. The maximum Gasteiger partial charge on any atom is 0.329 e. The number of H-pyrrole nitrogens is 1. The Morgan fingerprint density at radius 2 is 1.69 bits per heavy atom. The van der Waals surface area contributed by atoms with Crippen LogP contribution >= 0.6 is 0 Å². The van der Waals surface area contributed by atoms with E-state index in [0.717, 1.165) is 5.56 Å². The number of aromatic nitrogens is 4. The third-order valence-corrected chi connectivity index (χ3v) is 6.35. The van der Waals surface area contributed by atoms with Crippen LogP contribution in [0.5, 0.6) is 0 Å². The lowest BCUT2D eigenvalue weighted by Crippen LogP contribution is -2.49. The van der Waals surface area contributed by atoms with E-state index >= 15 is 0 Å². The van der Waals surface area contributed by atoms with Crippen molar-refractivity contribution in [3.05, 3.63) is 96.7 Å². The van der Waals surface area contributed by atoms with Crippen LogP contribution in [0.1, 0.15) is 15.9 Å². The summed E-state index contributed by atoms with van der Waals surface area (Å²) in [5.74, 6) is 0.440. The first-order valence-electron chi connectivity index (χ1n) is 11.4. The number of benzene rings is 2. The van der Waals surface area contributed by atoms with E-state index in [4.69, 9.17) is 0 Å². The fourth-order valence-electron chi connectivity index (χ4n) is 4.39. The van der Waals surface area contributed by atoms with Gasteiger partial charge in [0.15, 0.2) is 11.2 Å². The number of nitro groups is 1. The van der Waals surface area contributed by atoms with Crippen molar-refractivity contribution in [3.63, 3.8) is 0 Å². The molecular formula is C24H23N7O5. The van der Waals surface area contributed by atoms with E-state index in [9.17, 15) is 24.5 Å². The Balaban J connectivity index is 1.49. The summed E-state index contributed by atoms with van der Waals surface area (Å²) in [6, 6.07) is 15.1. The Hall–Kier alpha value is -4.74. The molecule has 0 spiro atoms. The lowest BCUT2D eigenvalue weighted by Gasteiger charge is -2.35. The summed E-state index contributed by atoms with van der Waals surface area (Å²) in [7, 11) is 1.53. The van der Waals surface area contributed by atoms with Crippen LogP contribution in [0.15, 0.2) is 64.2 Å². The topological polar surface area (TPSA) is 139 Å². The second-order valence-corrected chi connectivity index (χ2v) is 8.56. The number of nitrogens with zero attached hydrogens (tertiary/aromatic N) is 6. The highest BCUT2D eigenvalue weighted by Crippen LogP contribution is 2.23. The standard InChI is InChI=1S/C24H23N7O5/c1-27-20-19(21(32)26-24(27)34)30(15-16-7-9-18(10-8-16)31(35)36)23(25-20)29-13-11-28(12-14-29)22(33)17-5-3-2-4-6-17/h2-10H,11-15H2,1H3,(H,26,32,34). The Morgan fingerprint density at radius 3 is 2.33 bits per heavy atom. The maximum absolute atomic E-state index is 12.8. The van der Waals surface area contributed by atoms with E-state index in [0.29, 0.717) is 37.7 Å². The van der Waals surface area contributed by atoms with E-state index < -0.39 is 16.2 Å². The van der Waals surface area contributed by atoms with Gasteiger partial charge in [0.25, 0.3) is 17.2 Å². The molecule has 5 rings (SSSR count). The zero-order chi connectivity index (χ0) is 25.4. The number of imidazole rings is 1. The Labute approximate surface area is 204 Å². The van der Waals surface area contributed by atoms with E-state index in [1.54, 1.807) is 33.7 Å². The number of carbonyl (C=O) groups excluding carboxylic acids is 1. The molecule has 1 fully saturated rings. The smallest absolute Gasteiger partial charge is 0.329 e. The molecule has 0 radical (unpaired) electrons. The summed E-state index contributed by atoms with van der Waals surface area (Å²) in [5, 5.41) is 11.0. The number of aryl methyl sites for hydroxylation is 1. The number of fused-ring (bicyclic) bond motifs is 1. The fourth-order valence-corrected chi connectivity index (χ4v) is 4.39. The predicted octanol–water partition coefficient (Wildman–Crippen LogP) is 1.34. The normalized spacial score (nSPS) is 13.8. The second kappa shape index (κ2) is 9.13. The Morgan fingerprint density at radius 1 is 1.03 bits per heavy atom. The lowest BCUT2D eigenvalue weighted by atomic mass is 10.2. The summed E-state index contributed by atoms with van der Waals surface area (Å²) < 4.78 is 2.99. The zero-order valence-corrected chi connectivity index (χ0v) is 19.5. The number of carbonyl (C=O) groups is 1. The second-order valence-electron chi connectivity index (χ2n) is 8.56. The van der Waals surface area contributed by atoms with E-state index in [1.165, 1.54) is 23.7 Å². The number of piperazine rings is 1. The van der Waals surface area contributed by atoms with Crippen molar-refractivity contribution in [2.75, 3.05) is 31.1 Å². The molecule has 0 atom stereocenters. The highest BCUT2D eigenvalue weighted by molar-refractivity contribution is 5.94. The number of hydrogen-bond acceptors (Lipinski definition) is 7. The van der Waals surface area contributed by atoms with Crippen LogP contribution in [0, 0.1) is 10.1 Å². The molecule has 3 heterocycles. The van der Waals surface area contributed by atoms with Gasteiger partial charge in [0.2, 0.25) is 5.95 Å². The third-order valence-electron chi connectivity index (χ3n) is 6.35. The largest absolute Gasteiger partial charge is 0.339 e. The van der Waals surface area contributed by atoms with Gasteiger partial charge < -0.3 is 9.80 Å². The molecule has 1 aliphatic heterocycles. The van der Waals surface area contributed by atoms with Gasteiger partial charge in [-0.05, 0) is 17.7 Å². The van der Waals surface area contributed by atoms with E-state index in [-0.39, 0.29) is 29.3 Å². The molecule has 0 saturated carbocycles. The minimum Gasteiger partial charge on any atom is -0.339 e. The summed E-state index contributed by atoms with van der Waals surface area (Å²) in [6.45, 7) is 2.10. The number of anilines is 1. The van der Waals surface area contributed by atoms with Crippen LogP contribution in [-0.2, 0) is 13.6 Å². The van der Waals surface area contributed by atoms with Crippen LogP contribution < -0.4 is 16.1 Å². The molecular weight excluding hydrogens is 466 g/mol. The molecule has 0 aliphatic carbocycles. The average molecular weight is 489 g/mol. The number of amides is 1. The monoisotopic (exact) mass is 489 g/mol. The van der Waals surface area contributed by atoms with Crippen LogP contribution in [0.4, 0.5) is 11.6 Å². The van der Waals surface area contributed by atoms with Gasteiger partial charge in [-0.15, -0.1) is 0 Å². The van der Waals surface area contributed by atoms with Crippen molar-refractivity contribution in [1.82, 2.24) is 24.0 Å². The molecule has 12 heteroatoms. The minimum atomic E-state index is -0.572. The Kier molecular flexibility index (Phi) is 5.84. The molecule has 2 aromatic carbocycles. The van der Waals surface area contributed by atoms with Gasteiger partial charge in [0.05, 0.1) is 11.5 Å². The molecule has 1 N–H and O–H groups in total. The first-order chi connectivity index (χ1) is 17.3. The molecule has 2 aromatic heterocycles. The number of rotatable bonds is 5. The number of nitrogens with one attached hydrogen (secondary N) is 1. The molecule has 0 unspecified atom stereocenters. The zero-order valence-electron chi connectivity index (χ0n) is 19.5. The Bertz CT molecular complexity index is 1560. The molecule has 1 amide bonds. The third kappa shape index (κ3) is 4.13. The number of hydrogen-bond donors (Lipinski definition) is 1. The summed E-state index contributed by atoms with van der Waals surface area (Å²) in [4.78, 5) is 59.1. The van der Waals surface area contributed by atoms with Crippen LogP contribution in [0.3, 0.4) is 0 Å². The SMILES string of the molecule is Cn1c(=O)[nH]c(=O)c2c1nc(N1CCN(C(=O)c3ccccc3)CC1)n2Cc1ccc([N+](=O)[O-])cc1. The number of nitro benzene ring substituents is 1. The van der Waals surface area contributed by atoms with Crippen molar-refractivity contribution in [3.8, 4) is 0 Å². The highest BCUT2D eigenvalue weighted by atomic mass is 16.6. The number of non-ortho nitro benzene ring substituents is 1. The van der Waals surface area contributed by atoms with Crippen molar-refractivity contribution in [2.45, 2.75) is 6.54 Å². The van der Waals surface area contributed by atoms with E-state index in [2.05, 4.69) is 9.97 Å². The number of aromatic amines is 1. The van der Waals surface area contributed by atoms with Gasteiger partial charge in [0.1, 0.15) is 0 Å². The predicted molar refractivity (Wildman–Crippen MR) is 132 cm³/mol. The van der Waals surface area contributed by atoms with Crippen molar-refractivity contribution in [2.24, 2.45) is 7.05 Å². The average Bonchev–Trinajstić information content (AvgIpc) is 3.27. The molecule has 0 bridgehead atoms. The molecule has 1 saturated heterocycles. The fraction of sp³-hybridized carbons (Fsp3) is 0.250. The minimum absolute atomic E-state index is 0.0334.